The topological polar surface area (TPSA) is 52.9 Å². The van der Waals surface area contributed by atoms with Gasteiger partial charge in [0.05, 0.1) is 12.2 Å². The molecule has 2 aliphatic rings. The van der Waals surface area contributed by atoms with Gasteiger partial charge >= 0.3 is 0 Å². The van der Waals surface area contributed by atoms with E-state index in [-0.39, 0.29) is 12.1 Å². The molecule has 4 nitrogen and oxygen atoms in total. The SMILES string of the molecule is CN1[C@@H](C[C@@H](O)c2ccccc2)CC[C@H]2O[C@@](C)(O)C[C@H]21. The Morgan fingerprint density at radius 3 is 2.76 bits per heavy atom. The Balaban J connectivity index is 1.65. The second kappa shape index (κ2) is 5.69. The summed E-state index contributed by atoms with van der Waals surface area (Å²) < 4.78 is 5.71. The molecule has 0 amide bonds. The van der Waals surface area contributed by atoms with E-state index in [0.29, 0.717) is 12.5 Å². The normalized spacial score (nSPS) is 38.2. The lowest BCUT2D eigenvalue weighted by atomic mass is 9.88. The summed E-state index contributed by atoms with van der Waals surface area (Å²) in [6.07, 6.45) is 3.01. The van der Waals surface area contributed by atoms with Gasteiger partial charge in [0.25, 0.3) is 0 Å². The summed E-state index contributed by atoms with van der Waals surface area (Å²) in [5.74, 6) is -1.00. The molecule has 0 spiro atoms. The van der Waals surface area contributed by atoms with Crippen LogP contribution in [-0.4, -0.2) is 46.1 Å². The van der Waals surface area contributed by atoms with Gasteiger partial charge in [-0.2, -0.15) is 0 Å². The maximum absolute atomic E-state index is 10.4. The molecule has 2 fully saturated rings. The molecule has 0 aromatic heterocycles. The number of hydrogen-bond donors (Lipinski definition) is 2. The van der Waals surface area contributed by atoms with Crippen LogP contribution in [0.2, 0.25) is 0 Å². The zero-order valence-corrected chi connectivity index (χ0v) is 12.8. The lowest BCUT2D eigenvalue weighted by Gasteiger charge is -2.41. The van der Waals surface area contributed by atoms with Gasteiger partial charge < -0.3 is 14.9 Å². The first-order valence-corrected chi connectivity index (χ1v) is 7.81. The summed E-state index contributed by atoms with van der Waals surface area (Å²) in [6.45, 7) is 1.74. The summed E-state index contributed by atoms with van der Waals surface area (Å²) in [7, 11) is 2.09. The van der Waals surface area contributed by atoms with E-state index in [9.17, 15) is 10.2 Å². The number of rotatable bonds is 3. The predicted octanol–water partition coefficient (Wildman–Crippen LogP) is 2.07. The van der Waals surface area contributed by atoms with E-state index < -0.39 is 11.9 Å². The largest absolute Gasteiger partial charge is 0.388 e. The molecule has 2 N–H and O–H groups in total. The van der Waals surface area contributed by atoms with E-state index in [1.54, 1.807) is 6.92 Å². The summed E-state index contributed by atoms with van der Waals surface area (Å²) in [4.78, 5) is 2.29. The zero-order chi connectivity index (χ0) is 15.0. The molecular weight excluding hydrogens is 266 g/mol. The van der Waals surface area contributed by atoms with Crippen LogP contribution in [0.15, 0.2) is 30.3 Å². The Bertz CT molecular complexity index is 476. The Kier molecular flexibility index (Phi) is 4.06. The highest BCUT2D eigenvalue weighted by molar-refractivity contribution is 5.17. The molecule has 0 aliphatic carbocycles. The average molecular weight is 291 g/mol. The van der Waals surface area contributed by atoms with Crippen LogP contribution >= 0.6 is 0 Å². The molecule has 2 aliphatic heterocycles. The van der Waals surface area contributed by atoms with Gasteiger partial charge in [-0.1, -0.05) is 30.3 Å². The van der Waals surface area contributed by atoms with Crippen molar-refractivity contribution in [1.82, 2.24) is 4.90 Å². The van der Waals surface area contributed by atoms with E-state index in [2.05, 4.69) is 11.9 Å². The Labute approximate surface area is 126 Å². The van der Waals surface area contributed by atoms with Gasteiger partial charge in [0.2, 0.25) is 0 Å². The minimum Gasteiger partial charge on any atom is -0.388 e. The Morgan fingerprint density at radius 1 is 1.33 bits per heavy atom. The third-order valence-corrected chi connectivity index (χ3v) is 4.99. The number of aliphatic hydroxyl groups excluding tert-OH is 1. The zero-order valence-electron chi connectivity index (χ0n) is 12.8. The van der Waals surface area contributed by atoms with Crippen LogP contribution in [0.25, 0.3) is 0 Å². The smallest absolute Gasteiger partial charge is 0.164 e. The molecule has 3 rings (SSSR count). The fourth-order valence-corrected chi connectivity index (χ4v) is 3.81. The molecular formula is C17H25NO3. The van der Waals surface area contributed by atoms with E-state index in [1.807, 2.05) is 30.3 Å². The van der Waals surface area contributed by atoms with Crippen molar-refractivity contribution < 1.29 is 14.9 Å². The van der Waals surface area contributed by atoms with Crippen molar-refractivity contribution in [2.45, 2.75) is 62.7 Å². The Hall–Kier alpha value is -0.940. The lowest BCUT2D eigenvalue weighted by molar-refractivity contribution is -0.182. The van der Waals surface area contributed by atoms with Crippen LogP contribution in [0, 0.1) is 0 Å². The van der Waals surface area contributed by atoms with Gasteiger partial charge in [0.1, 0.15) is 0 Å². The summed E-state index contributed by atoms with van der Waals surface area (Å²) in [5.41, 5.74) is 0.975. The summed E-state index contributed by atoms with van der Waals surface area (Å²) >= 11 is 0. The molecule has 116 valence electrons. The van der Waals surface area contributed by atoms with Crippen LogP contribution in [0.1, 0.15) is 44.3 Å². The van der Waals surface area contributed by atoms with Crippen molar-refractivity contribution in [3.8, 4) is 0 Å². The molecule has 0 saturated carbocycles. The molecule has 2 heterocycles. The minimum atomic E-state index is -1.00. The van der Waals surface area contributed by atoms with Crippen molar-refractivity contribution in [2.24, 2.45) is 0 Å². The molecule has 0 bridgehead atoms. The van der Waals surface area contributed by atoms with Crippen molar-refractivity contribution >= 4 is 0 Å². The van der Waals surface area contributed by atoms with Crippen molar-refractivity contribution in [1.29, 1.82) is 0 Å². The second-order valence-corrected chi connectivity index (χ2v) is 6.66. The number of piperidine rings is 1. The lowest BCUT2D eigenvalue weighted by Crippen LogP contribution is -2.49. The van der Waals surface area contributed by atoms with E-state index in [4.69, 9.17) is 4.74 Å². The molecule has 4 heteroatoms. The van der Waals surface area contributed by atoms with E-state index in [0.717, 1.165) is 24.8 Å². The highest BCUT2D eigenvalue weighted by atomic mass is 16.6. The quantitative estimate of drug-likeness (QED) is 0.895. The number of ether oxygens (including phenoxy) is 1. The van der Waals surface area contributed by atoms with Crippen LogP contribution in [0.3, 0.4) is 0 Å². The van der Waals surface area contributed by atoms with Gasteiger partial charge in [0, 0.05) is 18.5 Å². The maximum atomic E-state index is 10.4. The number of benzene rings is 1. The molecule has 5 atom stereocenters. The average Bonchev–Trinajstić information content (AvgIpc) is 2.78. The first kappa shape index (κ1) is 15.0. The number of likely N-dealkylation sites (tertiary alicyclic amines) is 1. The van der Waals surface area contributed by atoms with Gasteiger partial charge in [-0.15, -0.1) is 0 Å². The first-order valence-electron chi connectivity index (χ1n) is 7.81. The molecule has 0 radical (unpaired) electrons. The Morgan fingerprint density at radius 2 is 2.05 bits per heavy atom. The monoisotopic (exact) mass is 291 g/mol. The third kappa shape index (κ3) is 3.14. The van der Waals surface area contributed by atoms with Crippen LogP contribution in [0.5, 0.6) is 0 Å². The van der Waals surface area contributed by atoms with Gasteiger partial charge in [-0.3, -0.25) is 4.90 Å². The highest BCUT2D eigenvalue weighted by Gasteiger charge is 2.47. The highest BCUT2D eigenvalue weighted by Crippen LogP contribution is 2.39. The predicted molar refractivity (Wildman–Crippen MR) is 80.7 cm³/mol. The van der Waals surface area contributed by atoms with Crippen LogP contribution < -0.4 is 0 Å². The number of aliphatic hydroxyl groups is 2. The third-order valence-electron chi connectivity index (χ3n) is 4.99. The molecule has 2 saturated heterocycles. The summed E-state index contributed by atoms with van der Waals surface area (Å²) in [5, 5.41) is 20.5. The van der Waals surface area contributed by atoms with E-state index >= 15 is 0 Å². The second-order valence-electron chi connectivity index (χ2n) is 6.66. The molecule has 1 aromatic carbocycles. The fraction of sp³-hybridized carbons (Fsp3) is 0.647. The summed E-state index contributed by atoms with van der Waals surface area (Å²) in [6, 6.07) is 10.4. The number of hydrogen-bond acceptors (Lipinski definition) is 4. The van der Waals surface area contributed by atoms with E-state index in [1.165, 1.54) is 0 Å². The number of nitrogens with zero attached hydrogens (tertiary/aromatic N) is 1. The van der Waals surface area contributed by atoms with Crippen molar-refractivity contribution in [2.75, 3.05) is 7.05 Å². The first-order chi connectivity index (χ1) is 9.96. The van der Waals surface area contributed by atoms with Gasteiger partial charge in [0.15, 0.2) is 5.79 Å². The fourth-order valence-electron chi connectivity index (χ4n) is 3.81. The standard InChI is InChI=1S/C17H25NO3/c1-17(20)11-14-16(21-17)9-8-13(18(14)2)10-15(19)12-6-4-3-5-7-12/h3-7,13-16,19-20H,8-11H2,1-2H3/t13-,14-,15-,16-,17-/m1/s1. The maximum Gasteiger partial charge on any atom is 0.164 e. The van der Waals surface area contributed by atoms with Gasteiger partial charge in [-0.05, 0) is 38.8 Å². The van der Waals surface area contributed by atoms with Crippen LogP contribution in [0.4, 0.5) is 0 Å². The number of fused-ring (bicyclic) bond motifs is 1. The number of likely N-dealkylation sites (N-methyl/N-ethyl adjacent to an activating group) is 1. The van der Waals surface area contributed by atoms with Gasteiger partial charge in [-0.25, -0.2) is 0 Å². The molecule has 0 unspecified atom stereocenters. The van der Waals surface area contributed by atoms with Crippen molar-refractivity contribution in [3.63, 3.8) is 0 Å². The molecule has 21 heavy (non-hydrogen) atoms. The minimum absolute atomic E-state index is 0.120. The van der Waals surface area contributed by atoms with Crippen LogP contribution in [-0.2, 0) is 4.74 Å². The van der Waals surface area contributed by atoms with Crippen molar-refractivity contribution in [3.05, 3.63) is 35.9 Å². The molecule has 1 aromatic rings.